The van der Waals surface area contributed by atoms with Crippen molar-refractivity contribution in [1.82, 2.24) is 15.1 Å². The lowest BCUT2D eigenvalue weighted by molar-refractivity contribution is -0.130. The fraction of sp³-hybridized carbons (Fsp3) is 0.579. The second kappa shape index (κ2) is 12.2. The van der Waals surface area contributed by atoms with Gasteiger partial charge in [0, 0.05) is 39.6 Å². The molecule has 0 aromatic heterocycles. The summed E-state index contributed by atoms with van der Waals surface area (Å²) in [5, 5.41) is 3.84. The Labute approximate surface area is 189 Å². The molecule has 1 aromatic carbocycles. The van der Waals surface area contributed by atoms with E-state index in [2.05, 4.69) is 10.2 Å². The number of carbonyl (C=O) groups is 1. The lowest BCUT2D eigenvalue weighted by Gasteiger charge is -2.36. The Morgan fingerprint density at radius 2 is 1.86 bits per heavy atom. The molecule has 1 saturated heterocycles. The number of rotatable bonds is 6. The Morgan fingerprint density at radius 3 is 2.39 bits per heavy atom. The highest BCUT2D eigenvalue weighted by atomic mass is 127. The number of amides is 1. The molecule has 1 aliphatic rings. The summed E-state index contributed by atoms with van der Waals surface area (Å²) in [4.78, 5) is 20.3. The van der Waals surface area contributed by atoms with Gasteiger partial charge >= 0.3 is 0 Å². The van der Waals surface area contributed by atoms with Crippen molar-refractivity contribution in [2.75, 3.05) is 46.4 Å². The van der Waals surface area contributed by atoms with E-state index in [4.69, 9.17) is 26.1 Å². The molecule has 28 heavy (non-hydrogen) atoms. The van der Waals surface area contributed by atoms with Gasteiger partial charge < -0.3 is 24.6 Å². The average molecular weight is 525 g/mol. The summed E-state index contributed by atoms with van der Waals surface area (Å²) in [5.74, 6) is 2.12. The molecule has 1 heterocycles. The number of benzene rings is 1. The number of hydrogen-bond acceptors (Lipinski definition) is 4. The summed E-state index contributed by atoms with van der Waals surface area (Å²) in [5.41, 5.74) is 0.943. The third kappa shape index (κ3) is 6.58. The number of ether oxygens (including phenoxy) is 2. The van der Waals surface area contributed by atoms with Crippen molar-refractivity contribution in [2.45, 2.75) is 27.3 Å². The van der Waals surface area contributed by atoms with Crippen LogP contribution >= 0.6 is 35.6 Å². The maximum Gasteiger partial charge on any atom is 0.219 e. The van der Waals surface area contributed by atoms with Crippen LogP contribution in [0.4, 0.5) is 0 Å². The van der Waals surface area contributed by atoms with Crippen LogP contribution in [0.25, 0.3) is 0 Å². The van der Waals surface area contributed by atoms with Gasteiger partial charge in [-0.2, -0.15) is 0 Å². The van der Waals surface area contributed by atoms with Gasteiger partial charge in [-0.25, -0.2) is 4.99 Å². The smallest absolute Gasteiger partial charge is 0.219 e. The zero-order chi connectivity index (χ0) is 19.8. The highest BCUT2D eigenvalue weighted by Gasteiger charge is 2.21. The highest BCUT2D eigenvalue weighted by molar-refractivity contribution is 14.0. The SMILES string of the molecule is CCNC(=NCc1cc(Cl)c(OCC)c(OC)c1)N1CCN(C(C)=O)CC1.I. The van der Waals surface area contributed by atoms with Gasteiger partial charge in [0.15, 0.2) is 17.5 Å². The molecule has 0 atom stereocenters. The Morgan fingerprint density at radius 1 is 1.21 bits per heavy atom. The van der Waals surface area contributed by atoms with Gasteiger partial charge in [0.1, 0.15) is 0 Å². The van der Waals surface area contributed by atoms with E-state index in [1.54, 1.807) is 14.0 Å². The second-order valence-electron chi connectivity index (χ2n) is 6.21. The van der Waals surface area contributed by atoms with E-state index < -0.39 is 0 Å². The van der Waals surface area contributed by atoms with Gasteiger partial charge in [-0.15, -0.1) is 24.0 Å². The Bertz CT molecular complexity index is 679. The fourth-order valence-corrected chi connectivity index (χ4v) is 3.26. The molecule has 0 saturated carbocycles. The van der Waals surface area contributed by atoms with Crippen LogP contribution in [0.3, 0.4) is 0 Å². The lowest BCUT2D eigenvalue weighted by Crippen LogP contribution is -2.53. The minimum Gasteiger partial charge on any atom is -0.493 e. The van der Waals surface area contributed by atoms with Crippen molar-refractivity contribution >= 4 is 47.4 Å². The molecule has 0 spiro atoms. The highest BCUT2D eigenvalue weighted by Crippen LogP contribution is 2.36. The monoisotopic (exact) mass is 524 g/mol. The zero-order valence-electron chi connectivity index (χ0n) is 17.0. The largest absolute Gasteiger partial charge is 0.493 e. The van der Waals surface area contributed by atoms with Gasteiger partial charge in [-0.3, -0.25) is 4.79 Å². The van der Waals surface area contributed by atoms with E-state index in [1.165, 1.54) is 0 Å². The summed E-state index contributed by atoms with van der Waals surface area (Å²) in [6.07, 6.45) is 0. The number of halogens is 2. The van der Waals surface area contributed by atoms with E-state index >= 15 is 0 Å². The van der Waals surface area contributed by atoms with Crippen LogP contribution in [0.2, 0.25) is 5.02 Å². The van der Waals surface area contributed by atoms with Gasteiger partial charge in [-0.1, -0.05) is 11.6 Å². The molecular formula is C19H30ClIN4O3. The number of guanidine groups is 1. The van der Waals surface area contributed by atoms with Crippen LogP contribution in [0.1, 0.15) is 26.3 Å². The van der Waals surface area contributed by atoms with Crippen molar-refractivity contribution in [3.05, 3.63) is 22.7 Å². The molecule has 0 unspecified atom stereocenters. The topological polar surface area (TPSA) is 66.4 Å². The fourth-order valence-electron chi connectivity index (χ4n) is 2.97. The number of hydrogen-bond donors (Lipinski definition) is 1. The number of carbonyl (C=O) groups excluding carboxylic acids is 1. The van der Waals surface area contributed by atoms with Crippen molar-refractivity contribution in [2.24, 2.45) is 4.99 Å². The van der Waals surface area contributed by atoms with Crippen molar-refractivity contribution in [1.29, 1.82) is 0 Å². The second-order valence-corrected chi connectivity index (χ2v) is 6.61. The van der Waals surface area contributed by atoms with E-state index in [0.717, 1.165) is 31.2 Å². The minimum atomic E-state index is 0. The van der Waals surface area contributed by atoms with E-state index in [1.807, 2.05) is 30.9 Å². The van der Waals surface area contributed by atoms with Gasteiger partial charge in [0.05, 0.1) is 25.3 Å². The molecular weight excluding hydrogens is 495 g/mol. The molecule has 0 radical (unpaired) electrons. The van der Waals surface area contributed by atoms with Crippen LogP contribution in [-0.2, 0) is 11.3 Å². The van der Waals surface area contributed by atoms with Crippen LogP contribution in [-0.4, -0.2) is 68.1 Å². The van der Waals surface area contributed by atoms with E-state index in [9.17, 15) is 4.79 Å². The summed E-state index contributed by atoms with van der Waals surface area (Å²) in [6.45, 7) is 10.3. The molecule has 0 aliphatic carbocycles. The predicted molar refractivity (Wildman–Crippen MR) is 123 cm³/mol. The Kier molecular flexibility index (Phi) is 10.7. The predicted octanol–water partition coefficient (Wildman–Crippen LogP) is 2.99. The van der Waals surface area contributed by atoms with E-state index in [0.29, 0.717) is 42.8 Å². The number of piperazine rings is 1. The lowest BCUT2D eigenvalue weighted by atomic mass is 10.2. The molecule has 9 heteroatoms. The van der Waals surface area contributed by atoms with Gasteiger partial charge in [0.25, 0.3) is 0 Å². The average Bonchev–Trinajstić information content (AvgIpc) is 2.67. The molecule has 7 nitrogen and oxygen atoms in total. The Hall–Kier alpha value is -1.42. The number of aliphatic imine (C=N–C) groups is 1. The third-order valence-electron chi connectivity index (χ3n) is 4.35. The first kappa shape index (κ1) is 24.6. The summed E-state index contributed by atoms with van der Waals surface area (Å²) in [6, 6.07) is 3.76. The Balaban J connectivity index is 0.00000392. The van der Waals surface area contributed by atoms with Gasteiger partial charge in [-0.05, 0) is 31.5 Å². The summed E-state index contributed by atoms with van der Waals surface area (Å²) in [7, 11) is 1.60. The number of methoxy groups -OCH3 is 1. The normalized spacial score (nSPS) is 14.4. The molecule has 1 fully saturated rings. The standard InChI is InChI=1S/C19H29ClN4O3.HI/c1-5-21-19(24-9-7-23(8-10-24)14(3)25)22-13-15-11-16(20)18(27-6-2)17(12-15)26-4;/h11-12H,5-10,13H2,1-4H3,(H,21,22);1H. The molecule has 1 N–H and O–H groups in total. The number of nitrogens with zero attached hydrogens (tertiary/aromatic N) is 3. The van der Waals surface area contributed by atoms with Crippen LogP contribution in [0.15, 0.2) is 17.1 Å². The molecule has 1 amide bonds. The van der Waals surface area contributed by atoms with Crippen molar-refractivity contribution < 1.29 is 14.3 Å². The van der Waals surface area contributed by atoms with Crippen molar-refractivity contribution in [3.63, 3.8) is 0 Å². The molecule has 1 aliphatic heterocycles. The third-order valence-corrected chi connectivity index (χ3v) is 4.63. The van der Waals surface area contributed by atoms with Crippen LogP contribution < -0.4 is 14.8 Å². The van der Waals surface area contributed by atoms with Gasteiger partial charge in [0.2, 0.25) is 5.91 Å². The molecule has 2 rings (SSSR count). The summed E-state index contributed by atoms with van der Waals surface area (Å²) < 4.78 is 11.0. The summed E-state index contributed by atoms with van der Waals surface area (Å²) >= 11 is 6.35. The molecule has 1 aromatic rings. The van der Waals surface area contributed by atoms with Crippen LogP contribution in [0.5, 0.6) is 11.5 Å². The number of nitrogens with one attached hydrogen (secondary N) is 1. The maximum atomic E-state index is 11.5. The molecule has 0 bridgehead atoms. The zero-order valence-corrected chi connectivity index (χ0v) is 20.0. The minimum absolute atomic E-state index is 0. The quantitative estimate of drug-likeness (QED) is 0.352. The van der Waals surface area contributed by atoms with Crippen molar-refractivity contribution in [3.8, 4) is 11.5 Å². The van der Waals surface area contributed by atoms with E-state index in [-0.39, 0.29) is 29.9 Å². The first-order chi connectivity index (χ1) is 13.0. The maximum absolute atomic E-state index is 11.5. The van der Waals surface area contributed by atoms with Crippen LogP contribution in [0, 0.1) is 0 Å². The first-order valence-electron chi connectivity index (χ1n) is 9.28. The molecule has 158 valence electrons. The first-order valence-corrected chi connectivity index (χ1v) is 9.65.